The predicted molar refractivity (Wildman–Crippen MR) is 87.0 cm³/mol. The molecule has 0 bridgehead atoms. The van der Waals surface area contributed by atoms with Crippen LogP contribution in [-0.4, -0.2) is 10.4 Å². The molecule has 0 spiro atoms. The first-order chi connectivity index (χ1) is 10.2. The summed E-state index contributed by atoms with van der Waals surface area (Å²) in [5.41, 5.74) is 2.76. The van der Waals surface area contributed by atoms with E-state index >= 15 is 0 Å². The lowest BCUT2D eigenvalue weighted by Crippen LogP contribution is -2.36. The van der Waals surface area contributed by atoms with Crippen molar-refractivity contribution in [1.82, 2.24) is 4.57 Å². The number of Topliss-reactive ketones (excluding diaryl/α,β-unsaturated/α-hetero) is 1. The fourth-order valence-corrected chi connectivity index (χ4v) is 2.62. The highest BCUT2D eigenvalue weighted by atomic mass is 79.9. The van der Waals surface area contributed by atoms with Crippen LogP contribution in [0.1, 0.15) is 10.4 Å². The maximum absolute atomic E-state index is 12.4. The Kier molecular flexibility index (Phi) is 3.71. The molecule has 0 fully saturated rings. The van der Waals surface area contributed by atoms with Crippen molar-refractivity contribution >= 4 is 38.9 Å². The maximum atomic E-state index is 12.4. The monoisotopic (exact) mass is 341 g/mol. The molecule has 21 heavy (non-hydrogen) atoms. The fraction of sp³-hybridized carbons (Fsp3) is 0.0588. The topological polar surface area (TPSA) is 25.9 Å². The zero-order valence-electron chi connectivity index (χ0n) is 11.4. The van der Waals surface area contributed by atoms with Crippen LogP contribution in [0.5, 0.6) is 0 Å². The number of carbonyl (C=O) groups excluding carboxylic acids is 1. The van der Waals surface area contributed by atoms with Crippen LogP contribution in [-0.2, 0) is 6.54 Å². The van der Waals surface area contributed by atoms with Crippen molar-refractivity contribution in [2.75, 3.05) is 0 Å². The van der Waals surface area contributed by atoms with E-state index in [-0.39, 0.29) is 5.78 Å². The lowest BCUT2D eigenvalue weighted by molar-refractivity contribution is -0.657. The summed E-state index contributed by atoms with van der Waals surface area (Å²) in [5, 5.41) is 0. The van der Waals surface area contributed by atoms with Crippen LogP contribution in [0.15, 0.2) is 65.9 Å². The van der Waals surface area contributed by atoms with Gasteiger partial charge < -0.3 is 0 Å². The van der Waals surface area contributed by atoms with Gasteiger partial charge in [0.15, 0.2) is 17.6 Å². The van der Waals surface area contributed by atoms with E-state index in [1.54, 1.807) is 6.20 Å². The third-order valence-electron chi connectivity index (χ3n) is 3.41. The van der Waals surface area contributed by atoms with E-state index in [4.69, 9.17) is 0 Å². The van der Waals surface area contributed by atoms with E-state index in [0.29, 0.717) is 12.1 Å². The van der Waals surface area contributed by atoms with Gasteiger partial charge in [0.05, 0.1) is 6.20 Å². The largest absolute Gasteiger partial charge is 0.290 e. The van der Waals surface area contributed by atoms with Gasteiger partial charge in [-0.05, 0) is 24.3 Å². The number of rotatable bonds is 4. The molecule has 0 saturated heterocycles. The summed E-state index contributed by atoms with van der Waals surface area (Å²) in [5.74, 6) is 0.0828. The molecule has 0 atom stereocenters. The molecule has 104 valence electrons. The van der Waals surface area contributed by atoms with E-state index in [9.17, 15) is 4.79 Å². The van der Waals surface area contributed by atoms with Gasteiger partial charge in [-0.3, -0.25) is 4.79 Å². The summed E-state index contributed by atoms with van der Waals surface area (Å²) in [4.78, 5) is 12.4. The second kappa shape index (κ2) is 5.66. The maximum Gasteiger partial charge on any atom is 0.249 e. The van der Waals surface area contributed by atoms with Crippen molar-refractivity contribution in [2.24, 2.45) is 0 Å². The number of aromatic nitrogens is 2. The summed E-state index contributed by atoms with van der Waals surface area (Å²) >= 11 is 3.38. The number of benzene rings is 2. The second-order valence-corrected chi connectivity index (χ2v) is 5.67. The Morgan fingerprint density at radius 1 is 1.19 bits per heavy atom. The third-order valence-corrected chi connectivity index (χ3v) is 3.94. The first-order valence-corrected chi connectivity index (χ1v) is 7.38. The molecule has 3 nitrogen and oxygen atoms in total. The van der Waals surface area contributed by atoms with Gasteiger partial charge in [0.2, 0.25) is 12.1 Å². The lowest BCUT2D eigenvalue weighted by atomic mass is 10.1. The zero-order valence-corrected chi connectivity index (χ0v) is 13.0. The number of hydrogen-bond acceptors (Lipinski definition) is 1. The van der Waals surface area contributed by atoms with Gasteiger partial charge in [-0.1, -0.05) is 46.8 Å². The van der Waals surface area contributed by atoms with Gasteiger partial charge >= 0.3 is 0 Å². The predicted octanol–water partition coefficient (Wildman–Crippen LogP) is 3.67. The molecular formula is C17H14BrN2O+. The van der Waals surface area contributed by atoms with Crippen molar-refractivity contribution in [1.29, 1.82) is 0 Å². The van der Waals surface area contributed by atoms with Crippen LogP contribution in [0.25, 0.3) is 17.2 Å². The Labute approximate surface area is 131 Å². The van der Waals surface area contributed by atoms with Crippen LogP contribution in [0.2, 0.25) is 0 Å². The van der Waals surface area contributed by atoms with Gasteiger partial charge in [0, 0.05) is 10.0 Å². The van der Waals surface area contributed by atoms with Crippen LogP contribution in [0, 0.1) is 0 Å². The molecule has 3 rings (SSSR count). The zero-order chi connectivity index (χ0) is 14.8. The SMILES string of the molecule is C=Cn1c[n+](CC(=O)c2ccc(Br)cc2)c2ccccc21. The van der Waals surface area contributed by atoms with E-state index < -0.39 is 0 Å². The molecule has 0 amide bonds. The first-order valence-electron chi connectivity index (χ1n) is 6.59. The normalized spacial score (nSPS) is 10.7. The Morgan fingerprint density at radius 3 is 2.62 bits per heavy atom. The third kappa shape index (κ3) is 2.67. The van der Waals surface area contributed by atoms with Crippen LogP contribution < -0.4 is 4.57 Å². The summed E-state index contributed by atoms with van der Waals surface area (Å²) in [6, 6.07) is 15.4. The van der Waals surface area contributed by atoms with E-state index in [0.717, 1.165) is 15.5 Å². The molecule has 0 aliphatic heterocycles. The average Bonchev–Trinajstić information content (AvgIpc) is 2.86. The van der Waals surface area contributed by atoms with Gasteiger partial charge in [0.1, 0.15) is 0 Å². The number of halogens is 1. The van der Waals surface area contributed by atoms with E-state index in [1.807, 2.05) is 64.0 Å². The molecule has 0 aliphatic rings. The molecule has 4 heteroatoms. The molecule has 1 aromatic heterocycles. The van der Waals surface area contributed by atoms with Crippen molar-refractivity contribution in [3.05, 3.63) is 71.5 Å². The lowest BCUT2D eigenvalue weighted by Gasteiger charge is -1.99. The van der Waals surface area contributed by atoms with Crippen LogP contribution in [0.3, 0.4) is 0 Å². The number of fused-ring (bicyclic) bond motifs is 1. The Balaban J connectivity index is 1.96. The minimum absolute atomic E-state index is 0.0828. The number of imidazole rings is 1. The molecule has 1 heterocycles. The van der Waals surface area contributed by atoms with Crippen molar-refractivity contribution in [3.8, 4) is 0 Å². The molecule has 0 N–H and O–H groups in total. The molecule has 3 aromatic rings. The van der Waals surface area contributed by atoms with E-state index in [2.05, 4.69) is 22.5 Å². The van der Waals surface area contributed by atoms with Crippen molar-refractivity contribution in [2.45, 2.75) is 6.54 Å². The molecular weight excluding hydrogens is 328 g/mol. The molecule has 0 radical (unpaired) electrons. The smallest absolute Gasteiger partial charge is 0.249 e. The minimum atomic E-state index is 0.0828. The minimum Gasteiger partial charge on any atom is -0.290 e. The highest BCUT2D eigenvalue weighted by molar-refractivity contribution is 9.10. The summed E-state index contributed by atoms with van der Waals surface area (Å²) < 4.78 is 4.83. The van der Waals surface area contributed by atoms with Gasteiger partial charge in [-0.2, -0.15) is 0 Å². The Hall–Kier alpha value is -2.20. The second-order valence-electron chi connectivity index (χ2n) is 4.75. The van der Waals surface area contributed by atoms with E-state index in [1.165, 1.54) is 0 Å². The summed E-state index contributed by atoms with van der Waals surface area (Å²) in [6.45, 7) is 4.11. The summed E-state index contributed by atoms with van der Waals surface area (Å²) in [6.07, 6.45) is 3.64. The molecule has 0 aliphatic carbocycles. The quantitative estimate of drug-likeness (QED) is 0.525. The number of nitrogens with zero attached hydrogens (tertiary/aromatic N) is 2. The van der Waals surface area contributed by atoms with Crippen molar-refractivity contribution < 1.29 is 9.36 Å². The number of hydrogen-bond donors (Lipinski definition) is 0. The van der Waals surface area contributed by atoms with Gasteiger partial charge in [-0.15, -0.1) is 0 Å². The summed E-state index contributed by atoms with van der Waals surface area (Å²) in [7, 11) is 0. The van der Waals surface area contributed by atoms with Crippen LogP contribution in [0.4, 0.5) is 0 Å². The van der Waals surface area contributed by atoms with Gasteiger partial charge in [-0.25, -0.2) is 9.13 Å². The number of carbonyl (C=O) groups is 1. The highest BCUT2D eigenvalue weighted by Crippen LogP contribution is 2.13. The molecule has 0 saturated carbocycles. The number of ketones is 1. The molecule has 0 unspecified atom stereocenters. The van der Waals surface area contributed by atoms with Gasteiger partial charge in [0.25, 0.3) is 0 Å². The standard InChI is InChI=1S/C17H14BrN2O/c1-2-19-12-20(16-6-4-3-5-15(16)19)11-17(21)13-7-9-14(18)10-8-13/h2-10,12H,1,11H2/q+1. The first kappa shape index (κ1) is 13.8. The Bertz CT molecular complexity index is 818. The van der Waals surface area contributed by atoms with Crippen molar-refractivity contribution in [3.63, 3.8) is 0 Å². The average molecular weight is 342 g/mol. The fourth-order valence-electron chi connectivity index (χ4n) is 2.35. The Morgan fingerprint density at radius 2 is 1.90 bits per heavy atom. The highest BCUT2D eigenvalue weighted by Gasteiger charge is 2.17. The molecule has 2 aromatic carbocycles. The van der Waals surface area contributed by atoms with Crippen LogP contribution >= 0.6 is 15.9 Å². The number of para-hydroxylation sites is 2.